The Morgan fingerprint density at radius 3 is 2.76 bits per heavy atom. The number of hydrogen-bond acceptors (Lipinski definition) is 5. The van der Waals surface area contributed by atoms with Gasteiger partial charge in [0.25, 0.3) is 5.92 Å². The van der Waals surface area contributed by atoms with E-state index in [2.05, 4.69) is 25.6 Å². The van der Waals surface area contributed by atoms with Crippen LogP contribution in [0.3, 0.4) is 0 Å². The zero-order valence-corrected chi connectivity index (χ0v) is 17.4. The minimum absolute atomic E-state index is 0.0212. The molecule has 1 aliphatic rings. The number of amides is 1. The Hall–Kier alpha value is -3.48. The van der Waals surface area contributed by atoms with Gasteiger partial charge in [-0.1, -0.05) is 6.07 Å². The number of hydrogen-bond donors (Lipinski definition) is 2. The number of halogens is 6. The quantitative estimate of drug-likeness (QED) is 0.534. The molecule has 0 aliphatic carbocycles. The van der Waals surface area contributed by atoms with E-state index >= 15 is 0 Å². The number of anilines is 1. The second kappa shape index (κ2) is 9.05. The zero-order valence-electron chi connectivity index (χ0n) is 17.4. The summed E-state index contributed by atoms with van der Waals surface area (Å²) >= 11 is 0. The molecule has 0 radical (unpaired) electrons. The topological polar surface area (TPSA) is 84.7 Å². The third-order valence-corrected chi connectivity index (χ3v) is 5.13. The number of piperidine rings is 1. The van der Waals surface area contributed by atoms with Gasteiger partial charge in [0.1, 0.15) is 12.0 Å². The maximum Gasteiger partial charge on any atom is 0.433 e. The highest BCUT2D eigenvalue weighted by molar-refractivity contribution is 5.91. The molecule has 0 bridgehead atoms. The van der Waals surface area contributed by atoms with Crippen LogP contribution in [-0.2, 0) is 17.4 Å². The number of aromatic nitrogens is 4. The summed E-state index contributed by atoms with van der Waals surface area (Å²) in [4.78, 5) is 23.6. The number of pyridine rings is 2. The summed E-state index contributed by atoms with van der Waals surface area (Å²) in [6, 6.07) is 3.49. The van der Waals surface area contributed by atoms with Gasteiger partial charge in [0.15, 0.2) is 11.6 Å². The lowest BCUT2D eigenvalue weighted by Gasteiger charge is -2.28. The van der Waals surface area contributed by atoms with Gasteiger partial charge in [-0.2, -0.15) is 13.2 Å². The van der Waals surface area contributed by atoms with E-state index in [0.717, 1.165) is 24.4 Å². The van der Waals surface area contributed by atoms with Gasteiger partial charge < -0.3 is 10.6 Å². The van der Waals surface area contributed by atoms with Gasteiger partial charge >= 0.3 is 6.18 Å². The van der Waals surface area contributed by atoms with Gasteiger partial charge in [-0.25, -0.2) is 28.1 Å². The lowest BCUT2D eigenvalue weighted by atomic mass is 9.99. The normalized spacial score (nSPS) is 18.0. The van der Waals surface area contributed by atoms with Crippen LogP contribution in [0.1, 0.15) is 36.0 Å². The Bertz CT molecular complexity index is 1190. The molecule has 1 saturated heterocycles. The van der Waals surface area contributed by atoms with Crippen LogP contribution in [0.4, 0.5) is 32.0 Å². The van der Waals surface area contributed by atoms with Crippen molar-refractivity contribution in [2.45, 2.75) is 37.4 Å². The highest BCUT2D eigenvalue weighted by Gasteiger charge is 2.37. The van der Waals surface area contributed by atoms with Crippen molar-refractivity contribution in [3.8, 4) is 5.82 Å². The van der Waals surface area contributed by atoms with Crippen molar-refractivity contribution in [1.29, 1.82) is 0 Å². The van der Waals surface area contributed by atoms with Crippen molar-refractivity contribution in [2.24, 2.45) is 0 Å². The molecule has 1 atom stereocenters. The Kier molecular flexibility index (Phi) is 6.30. The van der Waals surface area contributed by atoms with Gasteiger partial charge in [0, 0.05) is 31.6 Å². The monoisotopic (exact) mass is 484 g/mol. The van der Waals surface area contributed by atoms with E-state index in [4.69, 9.17) is 0 Å². The molecule has 0 unspecified atom stereocenters. The molecule has 4 heterocycles. The number of nitrogens with one attached hydrogen (secondary N) is 2. The molecule has 34 heavy (non-hydrogen) atoms. The third-order valence-electron chi connectivity index (χ3n) is 5.13. The molecule has 1 aliphatic heterocycles. The molecule has 3 aromatic heterocycles. The summed E-state index contributed by atoms with van der Waals surface area (Å²) in [5.74, 6) is -4.53. The SMILES string of the molecule is O=C(Cc1cccc(C(F)(F)F)n1)Nc1cnc(-n2cnc([C@H]3CC(F)(F)CCN3)c2)c(F)c1. The number of carbonyl (C=O) groups is 1. The number of carbonyl (C=O) groups excluding carboxylic acids is 1. The summed E-state index contributed by atoms with van der Waals surface area (Å²) in [5, 5.41) is 5.30. The van der Waals surface area contributed by atoms with Crippen LogP contribution < -0.4 is 10.6 Å². The first kappa shape index (κ1) is 23.7. The predicted octanol–water partition coefficient (Wildman–Crippen LogP) is 4.06. The van der Waals surface area contributed by atoms with Crippen molar-refractivity contribution in [1.82, 2.24) is 24.8 Å². The lowest BCUT2D eigenvalue weighted by Crippen LogP contribution is -2.38. The highest BCUT2D eigenvalue weighted by Crippen LogP contribution is 2.34. The summed E-state index contributed by atoms with van der Waals surface area (Å²) in [5.41, 5.74) is -0.939. The van der Waals surface area contributed by atoms with Gasteiger partial charge in [-0.3, -0.25) is 9.36 Å². The largest absolute Gasteiger partial charge is 0.433 e. The Morgan fingerprint density at radius 2 is 2.06 bits per heavy atom. The Morgan fingerprint density at radius 1 is 1.26 bits per heavy atom. The van der Waals surface area contributed by atoms with Crippen molar-refractivity contribution in [3.05, 3.63) is 65.9 Å². The van der Waals surface area contributed by atoms with Gasteiger partial charge in [0.2, 0.25) is 5.91 Å². The van der Waals surface area contributed by atoms with E-state index < -0.39 is 48.4 Å². The smallest absolute Gasteiger partial charge is 0.324 e. The van der Waals surface area contributed by atoms with E-state index in [1.54, 1.807) is 0 Å². The summed E-state index contributed by atoms with van der Waals surface area (Å²) in [6.07, 6.45) is -2.01. The maximum atomic E-state index is 14.6. The Labute approximate surface area is 189 Å². The van der Waals surface area contributed by atoms with E-state index in [9.17, 15) is 31.1 Å². The fourth-order valence-corrected chi connectivity index (χ4v) is 3.54. The Balaban J connectivity index is 1.43. The molecule has 0 spiro atoms. The molecule has 13 heteroatoms. The fourth-order valence-electron chi connectivity index (χ4n) is 3.54. The molecular weight excluding hydrogens is 466 g/mol. The molecule has 1 amide bonds. The van der Waals surface area contributed by atoms with Gasteiger partial charge in [0.05, 0.1) is 35.7 Å². The van der Waals surface area contributed by atoms with Gasteiger partial charge in [-0.15, -0.1) is 0 Å². The first-order chi connectivity index (χ1) is 16.0. The molecule has 1 fully saturated rings. The third kappa shape index (κ3) is 5.53. The van der Waals surface area contributed by atoms with Crippen LogP contribution in [0.15, 0.2) is 43.0 Å². The molecule has 0 aromatic carbocycles. The van der Waals surface area contributed by atoms with Crippen molar-refractivity contribution in [3.63, 3.8) is 0 Å². The minimum Gasteiger partial charge on any atom is -0.324 e. The minimum atomic E-state index is -4.64. The average Bonchev–Trinajstić information content (AvgIpc) is 3.22. The van der Waals surface area contributed by atoms with Crippen molar-refractivity contribution < 1.29 is 31.1 Å². The summed E-state index contributed by atoms with van der Waals surface area (Å²) < 4.78 is 81.5. The van der Waals surface area contributed by atoms with Crippen molar-refractivity contribution in [2.75, 3.05) is 11.9 Å². The van der Waals surface area contributed by atoms with Crippen LogP contribution in [0.2, 0.25) is 0 Å². The van der Waals surface area contributed by atoms with E-state index in [1.807, 2.05) is 0 Å². The molecular formula is C21H18F6N6O. The lowest BCUT2D eigenvalue weighted by molar-refractivity contribution is -0.141. The second-order valence-electron chi connectivity index (χ2n) is 7.79. The molecule has 180 valence electrons. The van der Waals surface area contributed by atoms with Gasteiger partial charge in [-0.05, 0) is 12.1 Å². The number of nitrogens with zero attached hydrogens (tertiary/aromatic N) is 4. The number of alkyl halides is 5. The van der Waals surface area contributed by atoms with Crippen LogP contribution in [-0.4, -0.2) is 37.9 Å². The fraction of sp³-hybridized carbons (Fsp3) is 0.333. The zero-order chi connectivity index (χ0) is 24.5. The van der Waals surface area contributed by atoms with Crippen LogP contribution in [0, 0.1) is 5.82 Å². The molecule has 2 N–H and O–H groups in total. The molecule has 0 saturated carbocycles. The first-order valence-corrected chi connectivity index (χ1v) is 10.1. The van der Waals surface area contributed by atoms with Crippen LogP contribution in [0.25, 0.3) is 5.82 Å². The molecule has 7 nitrogen and oxygen atoms in total. The van der Waals surface area contributed by atoms with E-state index in [-0.39, 0.29) is 30.2 Å². The number of rotatable bonds is 5. The van der Waals surface area contributed by atoms with E-state index in [0.29, 0.717) is 5.69 Å². The summed E-state index contributed by atoms with van der Waals surface area (Å²) in [6.45, 7) is 0.127. The van der Waals surface area contributed by atoms with Crippen molar-refractivity contribution >= 4 is 11.6 Å². The number of imidazole rings is 1. The predicted molar refractivity (Wildman–Crippen MR) is 108 cm³/mol. The van der Waals surface area contributed by atoms with Crippen LogP contribution in [0.5, 0.6) is 0 Å². The van der Waals surface area contributed by atoms with E-state index in [1.165, 1.54) is 23.2 Å². The average molecular weight is 484 g/mol. The second-order valence-corrected chi connectivity index (χ2v) is 7.79. The molecule has 3 aromatic rings. The highest BCUT2D eigenvalue weighted by atomic mass is 19.4. The standard InChI is InChI=1S/C21H18F6N6O/c22-14-6-13(32-18(34)7-12-2-1-3-17(31-12)21(25,26)27)9-29-19(14)33-10-16(30-11-33)15-8-20(23,24)4-5-28-15/h1-3,6,9-11,15,28H,4-5,7-8H2,(H,32,34)/t15-/m1/s1. The molecule has 4 rings (SSSR count). The summed E-state index contributed by atoms with van der Waals surface area (Å²) in [7, 11) is 0. The first-order valence-electron chi connectivity index (χ1n) is 10.1. The maximum absolute atomic E-state index is 14.6. The van der Waals surface area contributed by atoms with Crippen LogP contribution >= 0.6 is 0 Å².